The van der Waals surface area contributed by atoms with Crippen molar-refractivity contribution in [3.05, 3.63) is 83.7 Å². The molecule has 1 amide bonds. The molecule has 2 aliphatic heterocycles. The highest BCUT2D eigenvalue weighted by Gasteiger charge is 2.53. The lowest BCUT2D eigenvalue weighted by atomic mass is 9.58. The summed E-state index contributed by atoms with van der Waals surface area (Å²) in [7, 11) is 1.60. The maximum Gasteiger partial charge on any atom is 0.407 e. The number of benzene rings is 2. The smallest absolute Gasteiger partial charge is 0.407 e. The number of aryl methyl sites for hydroxylation is 1. The van der Waals surface area contributed by atoms with Crippen LogP contribution in [0.25, 0.3) is 0 Å². The maximum absolute atomic E-state index is 15.0. The van der Waals surface area contributed by atoms with Gasteiger partial charge in [-0.25, -0.2) is 14.2 Å². The first-order valence-corrected chi connectivity index (χ1v) is 16.0. The molecule has 0 bridgehead atoms. The van der Waals surface area contributed by atoms with Gasteiger partial charge in [-0.05, 0) is 100.0 Å². The van der Waals surface area contributed by atoms with Gasteiger partial charge in [0, 0.05) is 68.6 Å². The number of hydrogen-bond acceptors (Lipinski definition) is 6. The number of rotatable bonds is 9. The van der Waals surface area contributed by atoms with E-state index >= 15 is 0 Å². The van der Waals surface area contributed by atoms with Crippen LogP contribution in [0.4, 0.5) is 14.9 Å². The largest absolute Gasteiger partial charge is 0.446 e. The van der Waals surface area contributed by atoms with E-state index in [0.29, 0.717) is 18.0 Å². The predicted octanol–water partition coefficient (Wildman–Crippen LogP) is 5.51. The van der Waals surface area contributed by atoms with Gasteiger partial charge in [0.25, 0.3) is 0 Å². The quantitative estimate of drug-likeness (QED) is 0.350. The van der Waals surface area contributed by atoms with Gasteiger partial charge in [0.1, 0.15) is 17.7 Å². The van der Waals surface area contributed by atoms with Crippen molar-refractivity contribution >= 4 is 11.8 Å². The second-order valence-corrected chi connectivity index (χ2v) is 12.9. The molecule has 3 unspecified atom stereocenters. The highest BCUT2D eigenvalue weighted by Crippen LogP contribution is 2.52. The molecule has 1 aliphatic carbocycles. The first kappa shape index (κ1) is 30.1. The van der Waals surface area contributed by atoms with Gasteiger partial charge in [0.05, 0.1) is 11.6 Å². The van der Waals surface area contributed by atoms with Crippen LogP contribution in [0, 0.1) is 41.8 Å². The molecular weight excluding hydrogens is 555 g/mol. The molecule has 1 saturated carbocycles. The number of carbonyl (C=O) groups is 1. The molecule has 0 spiro atoms. The van der Waals surface area contributed by atoms with E-state index in [-0.39, 0.29) is 23.8 Å². The highest BCUT2D eigenvalue weighted by molar-refractivity contribution is 5.67. The highest BCUT2D eigenvalue weighted by atomic mass is 19.1. The van der Waals surface area contributed by atoms with Gasteiger partial charge in [0.15, 0.2) is 0 Å². The normalized spacial score (nSPS) is 22.6. The Bertz CT molecular complexity index is 1470. The third kappa shape index (κ3) is 6.05. The molecule has 232 valence electrons. The average molecular weight is 599 g/mol. The maximum atomic E-state index is 15.0. The Morgan fingerprint density at radius 1 is 1.14 bits per heavy atom. The summed E-state index contributed by atoms with van der Waals surface area (Å²) in [6, 6.07) is 17.2. The summed E-state index contributed by atoms with van der Waals surface area (Å²) >= 11 is 0. The van der Waals surface area contributed by atoms with Gasteiger partial charge in [0.2, 0.25) is 0 Å². The van der Waals surface area contributed by atoms with Crippen LogP contribution in [-0.4, -0.2) is 66.4 Å². The fourth-order valence-corrected chi connectivity index (χ4v) is 8.21. The minimum Gasteiger partial charge on any atom is -0.446 e. The van der Waals surface area contributed by atoms with Crippen molar-refractivity contribution in [3.63, 3.8) is 0 Å². The molecule has 3 aromatic rings. The number of imidazole rings is 1. The number of halogens is 1. The van der Waals surface area contributed by atoms with Gasteiger partial charge < -0.3 is 24.4 Å². The van der Waals surface area contributed by atoms with E-state index in [1.54, 1.807) is 13.1 Å². The Hall–Kier alpha value is -3.90. The zero-order chi connectivity index (χ0) is 30.7. The predicted molar refractivity (Wildman–Crippen MR) is 168 cm³/mol. The van der Waals surface area contributed by atoms with Crippen molar-refractivity contribution in [1.82, 2.24) is 19.8 Å². The Kier molecular flexibility index (Phi) is 8.90. The lowest BCUT2D eigenvalue weighted by molar-refractivity contribution is 0.00168. The third-order valence-corrected chi connectivity index (χ3v) is 10.4. The third-order valence-electron chi connectivity index (χ3n) is 10.4. The van der Waals surface area contributed by atoms with E-state index < -0.39 is 11.5 Å². The lowest BCUT2D eigenvalue weighted by Gasteiger charge is -2.51. The van der Waals surface area contributed by atoms with E-state index in [1.807, 2.05) is 49.6 Å². The summed E-state index contributed by atoms with van der Waals surface area (Å²) in [5.41, 5.74) is 2.45. The van der Waals surface area contributed by atoms with E-state index in [0.717, 1.165) is 76.2 Å². The SMILES string of the molecule is CNC(=O)OC1CCCC1C(Cn1ccnc1C)(c1cccc(F)c1)C1CCN(CC2CN(c3ccc(C#N)cc3)C2)CC1. The molecular formula is C35H43FN6O2. The summed E-state index contributed by atoms with van der Waals surface area (Å²) in [5.74, 6) is 1.67. The topological polar surface area (TPSA) is 86.4 Å². The fraction of sp³-hybridized carbons (Fsp3) is 0.514. The zero-order valence-corrected chi connectivity index (χ0v) is 25.8. The standard InChI is InChI=1S/C35H43FN6O2/c1-25-39-15-18-41(25)24-35(29-5-3-6-30(36)19-29,32-7-4-8-33(32)44-34(43)38-2)28-13-16-40(17-14-28)21-27-22-42(23-27)31-11-9-26(20-37)10-12-31/h3,5-6,9-12,15,18-19,27-28,32-33H,4,7-8,13-14,16-17,21-24H2,1-2H3,(H,38,43). The van der Waals surface area contributed by atoms with Crippen LogP contribution in [0.15, 0.2) is 60.9 Å². The molecule has 3 atom stereocenters. The summed E-state index contributed by atoms with van der Waals surface area (Å²) in [5, 5.41) is 11.7. The van der Waals surface area contributed by atoms with Crippen molar-refractivity contribution in [3.8, 4) is 6.07 Å². The van der Waals surface area contributed by atoms with E-state index in [2.05, 4.69) is 36.8 Å². The second kappa shape index (κ2) is 13.0. The number of piperidine rings is 1. The van der Waals surface area contributed by atoms with Gasteiger partial charge >= 0.3 is 6.09 Å². The molecule has 44 heavy (non-hydrogen) atoms. The molecule has 1 N–H and O–H groups in total. The number of amides is 1. The Morgan fingerprint density at radius 2 is 1.91 bits per heavy atom. The second-order valence-electron chi connectivity index (χ2n) is 12.9. The van der Waals surface area contributed by atoms with E-state index in [1.165, 1.54) is 11.8 Å². The molecule has 2 saturated heterocycles. The van der Waals surface area contributed by atoms with Crippen molar-refractivity contribution < 1.29 is 13.9 Å². The number of aromatic nitrogens is 2. The van der Waals surface area contributed by atoms with Crippen molar-refractivity contribution in [1.29, 1.82) is 5.26 Å². The number of likely N-dealkylation sites (tertiary alicyclic amines) is 1. The average Bonchev–Trinajstić information content (AvgIpc) is 3.66. The molecule has 3 heterocycles. The lowest BCUT2D eigenvalue weighted by Crippen LogP contribution is -2.55. The first-order valence-electron chi connectivity index (χ1n) is 16.0. The molecule has 3 aliphatic rings. The Balaban J connectivity index is 1.22. The van der Waals surface area contributed by atoms with Crippen molar-refractivity contribution in [2.75, 3.05) is 44.7 Å². The number of nitrogens with one attached hydrogen (secondary N) is 1. The molecule has 0 radical (unpaired) electrons. The molecule has 9 heteroatoms. The molecule has 8 nitrogen and oxygen atoms in total. The van der Waals surface area contributed by atoms with Gasteiger partial charge in [-0.1, -0.05) is 12.1 Å². The number of hydrogen-bond donors (Lipinski definition) is 1. The summed E-state index contributed by atoms with van der Waals surface area (Å²) in [6.45, 7) is 7.80. The molecule has 3 fully saturated rings. The molecule has 1 aromatic heterocycles. The Morgan fingerprint density at radius 3 is 2.57 bits per heavy atom. The molecule has 2 aromatic carbocycles. The van der Waals surface area contributed by atoms with Crippen molar-refractivity contribution in [2.24, 2.45) is 17.8 Å². The minimum absolute atomic E-state index is 0.0626. The number of ether oxygens (including phenoxy) is 1. The van der Waals surface area contributed by atoms with Crippen LogP contribution < -0.4 is 10.2 Å². The fourth-order valence-electron chi connectivity index (χ4n) is 8.21. The summed E-state index contributed by atoms with van der Waals surface area (Å²) < 4.78 is 23.2. The Labute approximate surface area is 259 Å². The summed E-state index contributed by atoms with van der Waals surface area (Å²) in [6.07, 6.45) is 7.94. The van der Waals surface area contributed by atoms with Crippen LogP contribution in [0.5, 0.6) is 0 Å². The zero-order valence-electron chi connectivity index (χ0n) is 25.8. The summed E-state index contributed by atoms with van der Waals surface area (Å²) in [4.78, 5) is 22.0. The number of carbonyl (C=O) groups excluding carboxylic acids is 1. The van der Waals surface area contributed by atoms with Crippen LogP contribution in [0.3, 0.4) is 0 Å². The monoisotopic (exact) mass is 598 g/mol. The van der Waals surface area contributed by atoms with Gasteiger partial charge in [-0.15, -0.1) is 0 Å². The van der Waals surface area contributed by atoms with Gasteiger partial charge in [-0.3, -0.25) is 0 Å². The van der Waals surface area contributed by atoms with Crippen LogP contribution >= 0.6 is 0 Å². The molecule has 6 rings (SSSR count). The van der Waals surface area contributed by atoms with Gasteiger partial charge in [-0.2, -0.15) is 5.26 Å². The van der Waals surface area contributed by atoms with E-state index in [9.17, 15) is 9.18 Å². The van der Waals surface area contributed by atoms with E-state index in [4.69, 9.17) is 10.00 Å². The van der Waals surface area contributed by atoms with Crippen LogP contribution in [0.2, 0.25) is 0 Å². The minimum atomic E-state index is -0.419. The van der Waals surface area contributed by atoms with Crippen LogP contribution in [-0.2, 0) is 16.7 Å². The number of nitrogens with zero attached hydrogens (tertiary/aromatic N) is 5. The van der Waals surface area contributed by atoms with Crippen molar-refractivity contribution in [2.45, 2.75) is 57.1 Å². The number of anilines is 1. The number of alkyl carbamates (subject to hydrolysis) is 1. The number of nitriles is 1. The van der Waals surface area contributed by atoms with Crippen LogP contribution in [0.1, 0.15) is 49.1 Å². The first-order chi connectivity index (χ1) is 21.4.